The van der Waals surface area contributed by atoms with Crippen LogP contribution in [0.1, 0.15) is 18.7 Å². The van der Waals surface area contributed by atoms with E-state index in [0.717, 1.165) is 23.8 Å². The maximum atomic E-state index is 6.07. The van der Waals surface area contributed by atoms with Gasteiger partial charge in [-0.2, -0.15) is 0 Å². The Morgan fingerprint density at radius 3 is 3.00 bits per heavy atom. The van der Waals surface area contributed by atoms with Crippen molar-refractivity contribution in [1.29, 1.82) is 0 Å². The molecule has 0 amide bonds. The molecule has 5 heteroatoms. The Morgan fingerprint density at radius 1 is 1.47 bits per heavy atom. The molecule has 0 radical (unpaired) electrons. The van der Waals surface area contributed by atoms with E-state index in [0.29, 0.717) is 10.8 Å². The molecule has 2 heterocycles. The first kappa shape index (κ1) is 9.09. The summed E-state index contributed by atoms with van der Waals surface area (Å²) in [5.74, 6) is 1.76. The Labute approximate surface area is 92.3 Å². The van der Waals surface area contributed by atoms with E-state index >= 15 is 0 Å². The Morgan fingerprint density at radius 2 is 2.27 bits per heavy atom. The average Bonchev–Trinajstić information content (AvgIpc) is 2.93. The fourth-order valence-electron chi connectivity index (χ4n) is 1.82. The van der Waals surface area contributed by atoms with Crippen molar-refractivity contribution < 1.29 is 0 Å². The summed E-state index contributed by atoms with van der Waals surface area (Å²) < 4.78 is 2.13. The van der Waals surface area contributed by atoms with Crippen molar-refractivity contribution in [2.75, 3.05) is 0 Å². The highest BCUT2D eigenvalue weighted by Crippen LogP contribution is 2.33. The van der Waals surface area contributed by atoms with Gasteiger partial charge in [-0.1, -0.05) is 11.6 Å². The van der Waals surface area contributed by atoms with Gasteiger partial charge in [-0.15, -0.1) is 0 Å². The lowest BCUT2D eigenvalue weighted by molar-refractivity contribution is 0.625. The molecule has 1 aliphatic carbocycles. The highest BCUT2D eigenvalue weighted by Gasteiger charge is 2.24. The quantitative estimate of drug-likeness (QED) is 0.732. The van der Waals surface area contributed by atoms with E-state index in [9.17, 15) is 0 Å². The lowest BCUT2D eigenvalue weighted by Crippen LogP contribution is -2.02. The molecule has 78 valence electrons. The van der Waals surface area contributed by atoms with Crippen LogP contribution in [0, 0.1) is 12.8 Å². The van der Waals surface area contributed by atoms with E-state index in [2.05, 4.69) is 19.5 Å². The summed E-state index contributed by atoms with van der Waals surface area (Å²) in [6.07, 6.45) is 4.08. The number of nitrogens with zero attached hydrogens (tertiary/aromatic N) is 4. The minimum Gasteiger partial charge on any atom is -0.324 e. The summed E-state index contributed by atoms with van der Waals surface area (Å²) in [5, 5.41) is 0.501. The van der Waals surface area contributed by atoms with E-state index < -0.39 is 0 Å². The van der Waals surface area contributed by atoms with Crippen LogP contribution in [0.2, 0.25) is 5.15 Å². The maximum absolute atomic E-state index is 6.07. The van der Waals surface area contributed by atoms with Gasteiger partial charge in [0.05, 0.1) is 0 Å². The molecule has 0 atom stereocenters. The third-order valence-electron chi connectivity index (χ3n) is 2.82. The molecule has 4 nitrogen and oxygen atoms in total. The highest BCUT2D eigenvalue weighted by molar-refractivity contribution is 6.33. The van der Waals surface area contributed by atoms with Gasteiger partial charge in [-0.25, -0.2) is 15.0 Å². The molecule has 1 saturated carbocycles. The minimum atomic E-state index is 0.501. The lowest BCUT2D eigenvalue weighted by atomic mass is 10.4. The number of rotatable bonds is 2. The van der Waals surface area contributed by atoms with Crippen LogP contribution < -0.4 is 0 Å². The molecule has 0 aliphatic heterocycles. The van der Waals surface area contributed by atoms with Gasteiger partial charge >= 0.3 is 0 Å². The maximum Gasteiger partial charge on any atom is 0.182 e. The second kappa shape index (κ2) is 3.17. The van der Waals surface area contributed by atoms with Gasteiger partial charge < -0.3 is 4.57 Å². The Kier molecular flexibility index (Phi) is 1.92. The average molecular weight is 223 g/mol. The van der Waals surface area contributed by atoms with Crippen LogP contribution >= 0.6 is 11.6 Å². The third kappa shape index (κ3) is 1.49. The SMILES string of the molecule is Cc1nc2ncnc(Cl)c2n1CC1CC1. The lowest BCUT2D eigenvalue weighted by Gasteiger charge is -2.04. The van der Waals surface area contributed by atoms with Gasteiger partial charge in [-0.3, -0.25) is 0 Å². The van der Waals surface area contributed by atoms with Crippen molar-refractivity contribution in [3.05, 3.63) is 17.3 Å². The van der Waals surface area contributed by atoms with Gasteiger partial charge in [0.25, 0.3) is 0 Å². The predicted molar refractivity (Wildman–Crippen MR) is 57.8 cm³/mol. The monoisotopic (exact) mass is 222 g/mol. The molecule has 1 aliphatic rings. The Hall–Kier alpha value is -1.16. The predicted octanol–water partition coefficient (Wildman–Crippen LogP) is 2.20. The van der Waals surface area contributed by atoms with Crippen molar-refractivity contribution >= 4 is 22.8 Å². The normalized spacial score (nSPS) is 16.1. The number of hydrogen-bond acceptors (Lipinski definition) is 3. The molecule has 15 heavy (non-hydrogen) atoms. The Bertz CT molecular complexity index is 515. The first-order chi connectivity index (χ1) is 7.25. The van der Waals surface area contributed by atoms with Gasteiger partial charge in [-0.05, 0) is 25.7 Å². The highest BCUT2D eigenvalue weighted by atomic mass is 35.5. The van der Waals surface area contributed by atoms with Gasteiger partial charge in [0.15, 0.2) is 10.8 Å². The van der Waals surface area contributed by atoms with Crippen molar-refractivity contribution in [3.63, 3.8) is 0 Å². The van der Waals surface area contributed by atoms with Crippen molar-refractivity contribution in [3.8, 4) is 0 Å². The molecular formula is C10H11ClN4. The molecule has 2 aromatic rings. The van der Waals surface area contributed by atoms with Crippen LogP contribution in [-0.4, -0.2) is 19.5 Å². The minimum absolute atomic E-state index is 0.501. The van der Waals surface area contributed by atoms with Crippen LogP contribution in [0.5, 0.6) is 0 Å². The zero-order valence-corrected chi connectivity index (χ0v) is 9.20. The summed E-state index contributed by atoms with van der Waals surface area (Å²) in [6.45, 7) is 2.98. The first-order valence-corrected chi connectivity index (χ1v) is 5.47. The number of halogens is 1. The summed E-state index contributed by atoms with van der Waals surface area (Å²) in [4.78, 5) is 12.5. The van der Waals surface area contributed by atoms with Crippen molar-refractivity contribution in [1.82, 2.24) is 19.5 Å². The molecule has 0 N–H and O–H groups in total. The molecule has 0 saturated heterocycles. The largest absolute Gasteiger partial charge is 0.324 e. The fraction of sp³-hybridized carbons (Fsp3) is 0.500. The zero-order valence-electron chi connectivity index (χ0n) is 8.44. The molecular weight excluding hydrogens is 212 g/mol. The zero-order chi connectivity index (χ0) is 10.4. The number of aryl methyl sites for hydroxylation is 1. The number of hydrogen-bond donors (Lipinski definition) is 0. The summed E-state index contributed by atoms with van der Waals surface area (Å²) >= 11 is 6.07. The second-order valence-electron chi connectivity index (χ2n) is 4.05. The van der Waals surface area contributed by atoms with Crippen LogP contribution in [0.15, 0.2) is 6.33 Å². The molecule has 1 fully saturated rings. The summed E-state index contributed by atoms with van der Waals surface area (Å²) in [7, 11) is 0. The first-order valence-electron chi connectivity index (χ1n) is 5.09. The van der Waals surface area contributed by atoms with Gasteiger partial charge in [0.1, 0.15) is 17.7 Å². The molecule has 0 aromatic carbocycles. The van der Waals surface area contributed by atoms with Gasteiger partial charge in [0, 0.05) is 6.54 Å². The Balaban J connectivity index is 2.20. The van der Waals surface area contributed by atoms with Crippen LogP contribution in [0.25, 0.3) is 11.2 Å². The summed E-state index contributed by atoms with van der Waals surface area (Å²) in [5.41, 5.74) is 1.58. The number of aromatic nitrogens is 4. The van der Waals surface area contributed by atoms with Crippen LogP contribution in [0.3, 0.4) is 0 Å². The van der Waals surface area contributed by atoms with Crippen LogP contribution in [0.4, 0.5) is 0 Å². The molecule has 0 unspecified atom stereocenters. The van der Waals surface area contributed by atoms with E-state index in [1.807, 2.05) is 6.92 Å². The van der Waals surface area contributed by atoms with Crippen LogP contribution in [-0.2, 0) is 6.54 Å². The van der Waals surface area contributed by atoms with E-state index in [-0.39, 0.29) is 0 Å². The smallest absolute Gasteiger partial charge is 0.182 e. The number of fused-ring (bicyclic) bond motifs is 1. The van der Waals surface area contributed by atoms with Crippen molar-refractivity contribution in [2.45, 2.75) is 26.3 Å². The van der Waals surface area contributed by atoms with E-state index in [4.69, 9.17) is 11.6 Å². The third-order valence-corrected chi connectivity index (χ3v) is 3.10. The molecule has 2 aromatic heterocycles. The fourth-order valence-corrected chi connectivity index (χ4v) is 2.05. The summed E-state index contributed by atoms with van der Waals surface area (Å²) in [6, 6.07) is 0. The molecule has 0 bridgehead atoms. The standard InChI is InChI=1S/C10H11ClN4/c1-6-14-10-8(9(11)12-5-13-10)15(6)4-7-2-3-7/h5,7H,2-4H2,1H3. The van der Waals surface area contributed by atoms with E-state index in [1.54, 1.807) is 0 Å². The number of imidazole rings is 1. The van der Waals surface area contributed by atoms with E-state index in [1.165, 1.54) is 19.2 Å². The molecule has 3 rings (SSSR count). The topological polar surface area (TPSA) is 43.6 Å². The second-order valence-corrected chi connectivity index (χ2v) is 4.41. The molecule has 0 spiro atoms. The van der Waals surface area contributed by atoms with Gasteiger partial charge in [0.2, 0.25) is 0 Å². The van der Waals surface area contributed by atoms with Crippen molar-refractivity contribution in [2.24, 2.45) is 5.92 Å².